The van der Waals surface area contributed by atoms with Crippen molar-refractivity contribution < 1.29 is 9.18 Å². The molecule has 0 spiro atoms. The number of nitrogens with two attached hydrogens (primary N) is 1. The van der Waals surface area contributed by atoms with Gasteiger partial charge >= 0.3 is 0 Å². The Morgan fingerprint density at radius 2 is 2.24 bits per heavy atom. The van der Waals surface area contributed by atoms with E-state index in [1.54, 1.807) is 19.2 Å². The number of hydrogen-bond donors (Lipinski definition) is 2. The van der Waals surface area contributed by atoms with Gasteiger partial charge in [-0.05, 0) is 30.9 Å². The van der Waals surface area contributed by atoms with Crippen molar-refractivity contribution in [2.45, 2.75) is 24.2 Å². The van der Waals surface area contributed by atoms with E-state index >= 15 is 0 Å². The molecule has 1 aromatic rings. The van der Waals surface area contributed by atoms with Crippen LogP contribution in [-0.2, 0) is 4.79 Å². The molecule has 8 heteroatoms. The normalized spacial score (nSPS) is 17.8. The van der Waals surface area contributed by atoms with E-state index in [0.29, 0.717) is 23.8 Å². The molecule has 5 nitrogen and oxygen atoms in total. The van der Waals surface area contributed by atoms with Gasteiger partial charge in [0.1, 0.15) is 5.82 Å². The molecular weight excluding hydrogens is 454 g/mol. The zero-order chi connectivity index (χ0) is 17.4. The number of carbonyl (C=O) groups excluding carboxylic acids is 1. The summed E-state index contributed by atoms with van der Waals surface area (Å²) in [5.74, 6) is 1.45. The van der Waals surface area contributed by atoms with Gasteiger partial charge in [0.15, 0.2) is 5.96 Å². The van der Waals surface area contributed by atoms with Crippen LogP contribution in [0.2, 0.25) is 0 Å². The van der Waals surface area contributed by atoms with Crippen molar-refractivity contribution >= 4 is 47.6 Å². The summed E-state index contributed by atoms with van der Waals surface area (Å²) >= 11 is 1.48. The second-order valence-corrected chi connectivity index (χ2v) is 7.01. The van der Waals surface area contributed by atoms with Crippen LogP contribution in [-0.4, -0.2) is 49.2 Å². The number of nitrogens with one attached hydrogen (secondary N) is 1. The SMILES string of the molecule is CN=C(NCCSc1ccccc1F)N1CCCC(CC(N)=O)C1.I. The molecule has 0 radical (unpaired) electrons. The van der Waals surface area contributed by atoms with Gasteiger partial charge < -0.3 is 16.0 Å². The van der Waals surface area contributed by atoms with E-state index in [0.717, 1.165) is 37.6 Å². The molecule has 3 N–H and O–H groups in total. The molecule has 1 aliphatic heterocycles. The average molecular weight is 480 g/mol. The molecule has 1 atom stereocenters. The summed E-state index contributed by atoms with van der Waals surface area (Å²) in [5, 5.41) is 3.32. The van der Waals surface area contributed by atoms with Gasteiger partial charge in [0.05, 0.1) is 0 Å². The number of hydrogen-bond acceptors (Lipinski definition) is 3. The highest BCUT2D eigenvalue weighted by molar-refractivity contribution is 14.0. The van der Waals surface area contributed by atoms with Crippen LogP contribution >= 0.6 is 35.7 Å². The Morgan fingerprint density at radius 3 is 2.92 bits per heavy atom. The molecule has 1 saturated heterocycles. The minimum atomic E-state index is -0.244. The highest BCUT2D eigenvalue weighted by Gasteiger charge is 2.23. The van der Waals surface area contributed by atoms with E-state index in [1.807, 2.05) is 6.07 Å². The topological polar surface area (TPSA) is 70.7 Å². The second-order valence-electron chi connectivity index (χ2n) is 5.88. The van der Waals surface area contributed by atoms with Gasteiger partial charge in [-0.3, -0.25) is 9.79 Å². The summed E-state index contributed by atoms with van der Waals surface area (Å²) in [7, 11) is 1.75. The van der Waals surface area contributed by atoms with Crippen molar-refractivity contribution in [3.05, 3.63) is 30.1 Å². The van der Waals surface area contributed by atoms with Crippen molar-refractivity contribution in [1.82, 2.24) is 10.2 Å². The lowest BCUT2D eigenvalue weighted by Gasteiger charge is -2.34. The summed E-state index contributed by atoms with van der Waals surface area (Å²) in [6.07, 6.45) is 2.48. The highest BCUT2D eigenvalue weighted by atomic mass is 127. The van der Waals surface area contributed by atoms with E-state index in [9.17, 15) is 9.18 Å². The Kier molecular flexibility index (Phi) is 10.2. The van der Waals surface area contributed by atoms with Crippen LogP contribution in [0.4, 0.5) is 4.39 Å². The maximum atomic E-state index is 13.6. The quantitative estimate of drug-likeness (QED) is 0.216. The number of nitrogens with zero attached hydrogens (tertiary/aromatic N) is 2. The van der Waals surface area contributed by atoms with Crippen molar-refractivity contribution in [2.75, 3.05) is 32.4 Å². The molecule has 1 fully saturated rings. The number of halogens is 2. The Labute approximate surface area is 170 Å². The zero-order valence-electron chi connectivity index (χ0n) is 14.4. The molecule has 140 valence electrons. The number of guanidine groups is 1. The van der Waals surface area contributed by atoms with E-state index in [1.165, 1.54) is 17.8 Å². The molecule has 0 saturated carbocycles. The molecule has 1 aromatic carbocycles. The van der Waals surface area contributed by atoms with E-state index in [4.69, 9.17) is 5.73 Å². The zero-order valence-corrected chi connectivity index (χ0v) is 17.6. The maximum Gasteiger partial charge on any atom is 0.217 e. The first-order valence-electron chi connectivity index (χ1n) is 8.21. The fourth-order valence-corrected chi connectivity index (χ4v) is 3.73. The standard InChI is InChI=1S/C17H25FN4OS.HI/c1-20-17(22-9-4-5-13(12-22)11-16(19)23)21-8-10-24-15-7-3-2-6-14(15)18;/h2-3,6-7,13H,4-5,8-12H2,1H3,(H2,19,23)(H,20,21);1H. The summed E-state index contributed by atoms with van der Waals surface area (Å²) in [6.45, 7) is 2.42. The van der Waals surface area contributed by atoms with Crippen LogP contribution in [0, 0.1) is 11.7 Å². The van der Waals surface area contributed by atoms with Gasteiger partial charge in [-0.25, -0.2) is 4.39 Å². The lowest BCUT2D eigenvalue weighted by molar-refractivity contribution is -0.119. The number of piperidine rings is 1. The number of carbonyl (C=O) groups is 1. The van der Waals surface area contributed by atoms with E-state index in [2.05, 4.69) is 15.2 Å². The van der Waals surface area contributed by atoms with Gasteiger partial charge in [0.25, 0.3) is 0 Å². The van der Waals surface area contributed by atoms with Crippen LogP contribution in [0.5, 0.6) is 0 Å². The third kappa shape index (κ3) is 7.39. The minimum Gasteiger partial charge on any atom is -0.370 e. The van der Waals surface area contributed by atoms with Gasteiger partial charge in [0.2, 0.25) is 5.91 Å². The largest absolute Gasteiger partial charge is 0.370 e. The molecule has 0 aromatic heterocycles. The molecule has 1 aliphatic rings. The Morgan fingerprint density at radius 1 is 1.48 bits per heavy atom. The van der Waals surface area contributed by atoms with Gasteiger partial charge in [-0.15, -0.1) is 35.7 Å². The van der Waals surface area contributed by atoms with E-state index in [-0.39, 0.29) is 35.7 Å². The number of aliphatic imine (C=N–C) groups is 1. The number of thioether (sulfide) groups is 1. The smallest absolute Gasteiger partial charge is 0.217 e. The third-order valence-electron chi connectivity index (χ3n) is 4.00. The Balaban J connectivity index is 0.00000312. The van der Waals surface area contributed by atoms with Crippen LogP contribution in [0.15, 0.2) is 34.2 Å². The molecule has 0 bridgehead atoms. The summed E-state index contributed by atoms with van der Waals surface area (Å²) < 4.78 is 13.6. The highest BCUT2D eigenvalue weighted by Crippen LogP contribution is 2.21. The van der Waals surface area contributed by atoms with Crippen molar-refractivity contribution in [3.63, 3.8) is 0 Å². The van der Waals surface area contributed by atoms with E-state index < -0.39 is 0 Å². The summed E-state index contributed by atoms with van der Waals surface area (Å²) in [5.41, 5.74) is 5.31. The van der Waals surface area contributed by atoms with Gasteiger partial charge in [-0.1, -0.05) is 12.1 Å². The number of primary amides is 1. The van der Waals surface area contributed by atoms with Crippen molar-refractivity contribution in [1.29, 1.82) is 0 Å². The van der Waals surface area contributed by atoms with Gasteiger partial charge in [0, 0.05) is 43.8 Å². The first kappa shape index (κ1) is 22.0. The third-order valence-corrected chi connectivity index (χ3v) is 5.05. The Hall–Kier alpha value is -1.03. The molecule has 1 amide bonds. The number of benzene rings is 1. The van der Waals surface area contributed by atoms with Crippen LogP contribution in [0.3, 0.4) is 0 Å². The predicted octanol–water partition coefficient (Wildman–Crippen LogP) is 2.70. The first-order valence-corrected chi connectivity index (χ1v) is 9.20. The summed E-state index contributed by atoms with van der Waals surface area (Å²) in [6, 6.07) is 6.79. The van der Waals surface area contributed by atoms with Crippen molar-refractivity contribution in [3.8, 4) is 0 Å². The molecular formula is C17H26FIN4OS. The van der Waals surface area contributed by atoms with Crippen LogP contribution in [0.25, 0.3) is 0 Å². The Bertz CT molecular complexity index is 588. The van der Waals surface area contributed by atoms with Crippen LogP contribution < -0.4 is 11.1 Å². The first-order chi connectivity index (χ1) is 11.6. The monoisotopic (exact) mass is 480 g/mol. The minimum absolute atomic E-state index is 0. The second kappa shape index (κ2) is 11.6. The lowest BCUT2D eigenvalue weighted by Crippen LogP contribution is -2.47. The molecule has 2 rings (SSSR count). The van der Waals surface area contributed by atoms with Crippen LogP contribution in [0.1, 0.15) is 19.3 Å². The number of likely N-dealkylation sites (tertiary alicyclic amines) is 1. The molecule has 0 aliphatic carbocycles. The number of rotatable bonds is 6. The molecule has 25 heavy (non-hydrogen) atoms. The fraction of sp³-hybridized carbons (Fsp3) is 0.529. The molecule has 1 heterocycles. The average Bonchev–Trinajstić information content (AvgIpc) is 2.56. The predicted molar refractivity (Wildman–Crippen MR) is 112 cm³/mol. The van der Waals surface area contributed by atoms with Gasteiger partial charge in [-0.2, -0.15) is 0 Å². The van der Waals surface area contributed by atoms with Crippen molar-refractivity contribution in [2.24, 2.45) is 16.6 Å². The number of amides is 1. The molecule has 1 unspecified atom stereocenters. The fourth-order valence-electron chi connectivity index (χ4n) is 2.93. The maximum absolute atomic E-state index is 13.6. The summed E-state index contributed by atoms with van der Waals surface area (Å²) in [4.78, 5) is 18.3. The lowest BCUT2D eigenvalue weighted by atomic mass is 9.95.